The van der Waals surface area contributed by atoms with Gasteiger partial charge in [0.05, 0.1) is 18.1 Å². The molecule has 0 bridgehead atoms. The molecule has 5 heteroatoms. The fourth-order valence-corrected chi connectivity index (χ4v) is 7.47. The summed E-state index contributed by atoms with van der Waals surface area (Å²) in [6.07, 6.45) is 2.52. The van der Waals surface area contributed by atoms with Crippen LogP contribution in [0.2, 0.25) is 0 Å². The Bertz CT molecular complexity index is 1060. The summed E-state index contributed by atoms with van der Waals surface area (Å²) < 4.78 is 6.40. The van der Waals surface area contributed by atoms with Gasteiger partial charge in [0.15, 0.2) is 0 Å². The number of Topliss-reactive ketones (excluding diaryl/α,β-unsaturated/α-hetero) is 1. The number of carboxylic acids is 1. The molecule has 0 heterocycles. The summed E-state index contributed by atoms with van der Waals surface area (Å²) in [5.41, 5.74) is 4.82. The van der Waals surface area contributed by atoms with Crippen molar-refractivity contribution in [2.45, 2.75) is 112 Å². The molecule has 6 atom stereocenters. The number of rotatable bonds is 12. The van der Waals surface area contributed by atoms with Crippen LogP contribution in [0.25, 0.3) is 0 Å². The van der Waals surface area contributed by atoms with Crippen molar-refractivity contribution in [2.75, 3.05) is 6.61 Å². The lowest BCUT2D eigenvalue weighted by molar-refractivity contribution is -0.149. The Morgan fingerprint density at radius 2 is 1.76 bits per heavy atom. The average Bonchev–Trinajstić information content (AvgIpc) is 3.03. The van der Waals surface area contributed by atoms with Gasteiger partial charge in [-0.15, -0.1) is 0 Å². The second-order valence-corrected chi connectivity index (χ2v) is 12.9. The molecule has 0 spiro atoms. The molecular weight excluding hydrogens is 476 g/mol. The molecule has 0 amide bonds. The third kappa shape index (κ3) is 5.38. The normalized spacial score (nSPS) is 29.3. The van der Waals surface area contributed by atoms with E-state index in [1.165, 1.54) is 5.56 Å². The summed E-state index contributed by atoms with van der Waals surface area (Å²) in [6, 6.07) is 4.31. The van der Waals surface area contributed by atoms with Crippen molar-refractivity contribution in [1.29, 1.82) is 0 Å². The highest BCUT2D eigenvalue weighted by atomic mass is 16.5. The number of carboxylic acid groups (broad SMARTS) is 1. The van der Waals surface area contributed by atoms with Gasteiger partial charge in [-0.05, 0) is 79.5 Å². The number of ketones is 1. The summed E-state index contributed by atoms with van der Waals surface area (Å²) in [5.74, 6) is -1.34. The number of hydrogen-bond donors (Lipinski definition) is 2. The zero-order chi connectivity index (χ0) is 28.6. The Hall–Kier alpha value is -1.98. The van der Waals surface area contributed by atoms with Crippen molar-refractivity contribution >= 4 is 11.8 Å². The summed E-state index contributed by atoms with van der Waals surface area (Å²) >= 11 is 0. The number of ether oxygens (including phenoxy) is 1. The molecule has 5 nitrogen and oxygen atoms in total. The van der Waals surface area contributed by atoms with Crippen molar-refractivity contribution in [2.24, 2.45) is 29.1 Å². The van der Waals surface area contributed by atoms with Gasteiger partial charge in [0, 0.05) is 30.3 Å². The summed E-state index contributed by atoms with van der Waals surface area (Å²) in [6.45, 7) is 21.2. The van der Waals surface area contributed by atoms with Crippen molar-refractivity contribution in [3.63, 3.8) is 0 Å². The number of aryl methyl sites for hydroxylation is 1. The molecule has 2 aliphatic carbocycles. The Labute approximate surface area is 230 Å². The topological polar surface area (TPSA) is 83.8 Å². The zero-order valence-corrected chi connectivity index (χ0v) is 24.9. The van der Waals surface area contributed by atoms with Gasteiger partial charge in [-0.1, -0.05) is 65.8 Å². The van der Waals surface area contributed by atoms with Gasteiger partial charge in [-0.3, -0.25) is 9.59 Å². The number of aliphatic hydroxyl groups is 1. The molecular formula is C33H50O5. The minimum atomic E-state index is -0.841. The lowest BCUT2D eigenvalue weighted by atomic mass is 9.52. The average molecular weight is 527 g/mol. The maximum atomic E-state index is 12.7. The fraction of sp³-hybridized carbons (Fsp3) is 0.697. The van der Waals surface area contributed by atoms with Crippen molar-refractivity contribution in [1.82, 2.24) is 0 Å². The van der Waals surface area contributed by atoms with Crippen LogP contribution in [0.15, 0.2) is 24.3 Å². The molecule has 212 valence electrons. The first-order chi connectivity index (χ1) is 17.7. The molecule has 2 aliphatic rings. The van der Waals surface area contributed by atoms with E-state index in [2.05, 4.69) is 53.3 Å². The van der Waals surface area contributed by atoms with Crippen molar-refractivity contribution in [3.8, 4) is 0 Å². The first-order valence-corrected chi connectivity index (χ1v) is 14.5. The Morgan fingerprint density at radius 1 is 1.11 bits per heavy atom. The first kappa shape index (κ1) is 30.6. The van der Waals surface area contributed by atoms with Gasteiger partial charge < -0.3 is 14.9 Å². The molecule has 1 saturated carbocycles. The lowest BCUT2D eigenvalue weighted by Crippen LogP contribution is -2.49. The standard InChI is InChI=1S/C33H50O5/c1-10-38-28-18-33(9)30(24(31(36)37)13-11-21(6)19(2)3)27(35)17-32(33,8)25-15-12-22(7)23(29(25)28)14-16-26(34)20(4)5/h12,15,19-20,24,27-28,30,35H,6,10-11,13-14,16-18H2,1-5,7-9H3,(H,36,37). The Balaban J connectivity index is 2.11. The zero-order valence-electron chi connectivity index (χ0n) is 24.9. The van der Waals surface area contributed by atoms with Gasteiger partial charge in [-0.25, -0.2) is 0 Å². The van der Waals surface area contributed by atoms with E-state index >= 15 is 0 Å². The molecule has 1 aromatic rings. The molecule has 1 fully saturated rings. The molecule has 38 heavy (non-hydrogen) atoms. The van der Waals surface area contributed by atoms with Crippen LogP contribution in [0.1, 0.15) is 109 Å². The van der Waals surface area contributed by atoms with Crippen LogP contribution in [0.4, 0.5) is 0 Å². The maximum Gasteiger partial charge on any atom is 0.306 e. The molecule has 0 saturated heterocycles. The van der Waals surface area contributed by atoms with Gasteiger partial charge in [0.1, 0.15) is 5.78 Å². The molecule has 2 N–H and O–H groups in total. The second-order valence-electron chi connectivity index (χ2n) is 12.9. The van der Waals surface area contributed by atoms with E-state index in [0.717, 1.165) is 22.3 Å². The Kier molecular flexibility index (Phi) is 9.36. The number of allylic oxidation sites excluding steroid dienone is 1. The number of fused-ring (bicyclic) bond motifs is 3. The van der Waals surface area contributed by atoms with Gasteiger partial charge in [0.25, 0.3) is 0 Å². The minimum absolute atomic E-state index is 0.00353. The smallest absolute Gasteiger partial charge is 0.306 e. The number of carbonyl (C=O) groups is 2. The van der Waals surface area contributed by atoms with Gasteiger partial charge in [-0.2, -0.15) is 0 Å². The second kappa shape index (κ2) is 11.6. The molecule has 0 aliphatic heterocycles. The highest BCUT2D eigenvalue weighted by Crippen LogP contribution is 2.67. The number of benzene rings is 1. The first-order valence-electron chi connectivity index (χ1n) is 14.5. The van der Waals surface area contributed by atoms with E-state index in [4.69, 9.17) is 4.74 Å². The molecule has 1 aromatic carbocycles. The quantitative estimate of drug-likeness (QED) is 0.287. The molecule has 0 radical (unpaired) electrons. The molecule has 0 aromatic heterocycles. The van der Waals surface area contributed by atoms with Crippen molar-refractivity contribution < 1.29 is 24.5 Å². The van der Waals surface area contributed by atoms with Crippen LogP contribution in [-0.2, 0) is 26.2 Å². The fourth-order valence-electron chi connectivity index (χ4n) is 7.47. The predicted octanol–water partition coefficient (Wildman–Crippen LogP) is 6.97. The maximum absolute atomic E-state index is 12.7. The van der Waals surface area contributed by atoms with E-state index in [1.807, 2.05) is 20.8 Å². The van der Waals surface area contributed by atoms with Gasteiger partial charge in [0.2, 0.25) is 0 Å². The van der Waals surface area contributed by atoms with E-state index < -0.39 is 34.7 Å². The van der Waals surface area contributed by atoms with Crippen LogP contribution in [0.3, 0.4) is 0 Å². The summed E-state index contributed by atoms with van der Waals surface area (Å²) in [5, 5.41) is 22.0. The van der Waals surface area contributed by atoms with Crippen LogP contribution in [0, 0.1) is 36.0 Å². The van der Waals surface area contributed by atoms with E-state index in [0.29, 0.717) is 51.0 Å². The lowest BCUT2D eigenvalue weighted by Gasteiger charge is -2.53. The van der Waals surface area contributed by atoms with E-state index in [-0.39, 0.29) is 17.8 Å². The SMILES string of the molecule is C=C(CCC(C(=O)O)C1C(O)CC2(C)c3ccc(C)c(CCC(=O)C(C)C)c3C(OCC)CC12C)C(C)C. The van der Waals surface area contributed by atoms with Crippen LogP contribution in [-0.4, -0.2) is 34.7 Å². The predicted molar refractivity (Wildman–Crippen MR) is 152 cm³/mol. The molecule has 6 unspecified atom stereocenters. The highest BCUT2D eigenvalue weighted by molar-refractivity contribution is 5.80. The number of aliphatic carboxylic acids is 1. The number of aliphatic hydroxyl groups excluding tert-OH is 1. The minimum Gasteiger partial charge on any atom is -0.481 e. The number of hydrogen-bond acceptors (Lipinski definition) is 4. The van der Waals surface area contributed by atoms with Crippen molar-refractivity contribution in [3.05, 3.63) is 46.5 Å². The van der Waals surface area contributed by atoms with Crippen LogP contribution < -0.4 is 0 Å². The monoisotopic (exact) mass is 526 g/mol. The summed E-state index contributed by atoms with van der Waals surface area (Å²) in [7, 11) is 0. The Morgan fingerprint density at radius 3 is 2.32 bits per heavy atom. The third-order valence-corrected chi connectivity index (χ3v) is 10.1. The van der Waals surface area contributed by atoms with Gasteiger partial charge >= 0.3 is 5.97 Å². The van der Waals surface area contributed by atoms with Crippen LogP contribution in [0.5, 0.6) is 0 Å². The van der Waals surface area contributed by atoms with Crippen LogP contribution >= 0.6 is 0 Å². The largest absolute Gasteiger partial charge is 0.481 e. The summed E-state index contributed by atoms with van der Waals surface area (Å²) in [4.78, 5) is 25.2. The van der Waals surface area contributed by atoms with E-state index in [9.17, 15) is 19.8 Å². The highest BCUT2D eigenvalue weighted by Gasteiger charge is 2.65. The van der Waals surface area contributed by atoms with E-state index in [1.54, 1.807) is 0 Å². The third-order valence-electron chi connectivity index (χ3n) is 10.1. The number of carbonyl (C=O) groups excluding carboxylic acids is 1. The molecule has 3 rings (SSSR count).